The lowest BCUT2D eigenvalue weighted by Gasteiger charge is -2.12. The Morgan fingerprint density at radius 3 is 2.83 bits per heavy atom. The summed E-state index contributed by atoms with van der Waals surface area (Å²) in [7, 11) is -3.85. The van der Waals surface area contributed by atoms with Crippen molar-refractivity contribution in [3.63, 3.8) is 0 Å². The highest BCUT2D eigenvalue weighted by atomic mass is 32.2. The number of nitrogens with zero attached hydrogens (tertiary/aromatic N) is 4. The van der Waals surface area contributed by atoms with Crippen molar-refractivity contribution in [1.29, 1.82) is 0 Å². The Morgan fingerprint density at radius 1 is 1.27 bits per heavy atom. The number of ether oxygens (including phenoxy) is 1. The summed E-state index contributed by atoms with van der Waals surface area (Å²) < 4.78 is 34.6. The van der Waals surface area contributed by atoms with Gasteiger partial charge in [-0.05, 0) is 48.4 Å². The summed E-state index contributed by atoms with van der Waals surface area (Å²) in [6.07, 6.45) is 3.04. The van der Waals surface area contributed by atoms with Crippen molar-refractivity contribution in [2.24, 2.45) is 0 Å². The molecular weight excluding hydrogens is 422 g/mol. The van der Waals surface area contributed by atoms with Crippen molar-refractivity contribution >= 4 is 42.9 Å². The van der Waals surface area contributed by atoms with E-state index in [2.05, 4.69) is 20.6 Å². The fourth-order valence-electron chi connectivity index (χ4n) is 3.65. The first-order chi connectivity index (χ1) is 14.6. The van der Waals surface area contributed by atoms with E-state index in [1.807, 2.05) is 30.5 Å². The highest BCUT2D eigenvalue weighted by molar-refractivity contribution is 7.91. The Hall–Kier alpha value is -2.56. The molecule has 1 saturated heterocycles. The molecular formula is C20H21N5O3S2. The van der Waals surface area contributed by atoms with Gasteiger partial charge in [-0.3, -0.25) is 0 Å². The molecule has 4 heterocycles. The Bertz CT molecular complexity index is 1310. The number of sulfone groups is 1. The van der Waals surface area contributed by atoms with Crippen molar-refractivity contribution in [2.75, 3.05) is 18.5 Å². The maximum absolute atomic E-state index is 13.3. The van der Waals surface area contributed by atoms with E-state index in [1.165, 1.54) is 15.9 Å². The maximum Gasteiger partial charge on any atom is 0.229 e. The van der Waals surface area contributed by atoms with Crippen LogP contribution in [0.3, 0.4) is 0 Å². The van der Waals surface area contributed by atoms with E-state index in [0.29, 0.717) is 12.4 Å². The zero-order valence-corrected chi connectivity index (χ0v) is 18.0. The molecule has 0 amide bonds. The van der Waals surface area contributed by atoms with Gasteiger partial charge in [0.05, 0.1) is 21.2 Å². The van der Waals surface area contributed by atoms with Crippen LogP contribution < -0.4 is 5.32 Å². The van der Waals surface area contributed by atoms with Crippen molar-refractivity contribution in [2.45, 2.75) is 42.2 Å². The van der Waals surface area contributed by atoms with Crippen LogP contribution in [0.1, 0.15) is 25.3 Å². The molecule has 1 aliphatic heterocycles. The second-order valence-electron chi connectivity index (χ2n) is 7.24. The van der Waals surface area contributed by atoms with Crippen LogP contribution in [0.4, 0.5) is 5.82 Å². The summed E-state index contributed by atoms with van der Waals surface area (Å²) in [5.74, 6) is 0.628. The van der Waals surface area contributed by atoms with Gasteiger partial charge in [0.15, 0.2) is 5.65 Å². The number of hydrogen-bond acceptors (Lipinski definition) is 8. The Balaban J connectivity index is 1.59. The van der Waals surface area contributed by atoms with Crippen molar-refractivity contribution in [3.8, 4) is 0 Å². The second-order valence-corrected chi connectivity index (χ2v) is 10.0. The number of aryl methyl sites for hydroxylation is 1. The van der Waals surface area contributed by atoms with E-state index in [4.69, 9.17) is 4.74 Å². The fraction of sp³-hybridized carbons (Fsp3) is 0.350. The van der Waals surface area contributed by atoms with Crippen molar-refractivity contribution in [3.05, 3.63) is 41.3 Å². The Kier molecular flexibility index (Phi) is 4.92. The maximum atomic E-state index is 13.3. The highest BCUT2D eigenvalue weighted by Gasteiger charge is 2.27. The summed E-state index contributed by atoms with van der Waals surface area (Å²) in [4.78, 5) is 4.81. The normalized spacial score (nSPS) is 17.2. The van der Waals surface area contributed by atoms with Crippen molar-refractivity contribution < 1.29 is 13.2 Å². The molecule has 30 heavy (non-hydrogen) atoms. The van der Waals surface area contributed by atoms with Crippen LogP contribution in [-0.4, -0.2) is 47.5 Å². The molecule has 1 aromatic carbocycles. The van der Waals surface area contributed by atoms with Crippen LogP contribution in [0.25, 0.3) is 15.9 Å². The molecule has 5 rings (SSSR count). The third-order valence-corrected chi connectivity index (χ3v) is 7.92. The zero-order valence-electron chi connectivity index (χ0n) is 16.4. The van der Waals surface area contributed by atoms with Gasteiger partial charge in [0.2, 0.25) is 14.9 Å². The van der Waals surface area contributed by atoms with Crippen molar-refractivity contribution in [1.82, 2.24) is 19.8 Å². The Labute approximate surface area is 177 Å². The Morgan fingerprint density at radius 2 is 2.10 bits per heavy atom. The number of aromatic nitrogens is 4. The highest BCUT2D eigenvalue weighted by Crippen LogP contribution is 2.31. The third kappa shape index (κ3) is 3.24. The van der Waals surface area contributed by atoms with Gasteiger partial charge in [0.1, 0.15) is 5.82 Å². The van der Waals surface area contributed by atoms with E-state index in [-0.39, 0.29) is 21.7 Å². The molecule has 0 aliphatic carbocycles. The average Bonchev–Trinajstić information content (AvgIpc) is 3.52. The van der Waals surface area contributed by atoms with Crippen LogP contribution in [0.2, 0.25) is 0 Å². The minimum atomic E-state index is -3.85. The SMILES string of the molecule is CCc1ccc(S(=O)(=O)c2nnn3c2nc(NCC2CCCO2)c2sccc23)cc1. The molecule has 1 unspecified atom stereocenters. The van der Waals surface area contributed by atoms with E-state index < -0.39 is 9.84 Å². The van der Waals surface area contributed by atoms with E-state index >= 15 is 0 Å². The number of rotatable bonds is 6. The standard InChI is InChI=1S/C20H21N5O3S2/c1-2-13-5-7-15(8-6-13)30(26,27)20-19-22-18(21-12-14-4-3-10-28-14)17-16(9-11-29-17)25(19)24-23-20/h5-9,11,14H,2-4,10,12H2,1H3,(H,21,22). The lowest BCUT2D eigenvalue weighted by atomic mass is 10.2. The lowest BCUT2D eigenvalue weighted by Crippen LogP contribution is -2.19. The van der Waals surface area contributed by atoms with Gasteiger partial charge in [-0.2, -0.15) is 4.52 Å². The molecule has 1 fully saturated rings. The predicted octanol–water partition coefficient (Wildman–Crippen LogP) is 3.33. The minimum Gasteiger partial charge on any atom is -0.376 e. The molecule has 0 spiro atoms. The summed E-state index contributed by atoms with van der Waals surface area (Å²) >= 11 is 1.52. The summed E-state index contributed by atoms with van der Waals surface area (Å²) in [6.45, 7) is 3.43. The number of anilines is 1. The van der Waals surface area contributed by atoms with Gasteiger partial charge in [-0.15, -0.1) is 16.4 Å². The number of nitrogens with one attached hydrogen (secondary N) is 1. The molecule has 1 atom stereocenters. The monoisotopic (exact) mass is 443 g/mol. The fourth-order valence-corrected chi connectivity index (χ4v) is 5.72. The molecule has 3 aromatic heterocycles. The van der Waals surface area contributed by atoms with E-state index in [0.717, 1.165) is 41.6 Å². The van der Waals surface area contributed by atoms with Crippen LogP contribution in [0, 0.1) is 0 Å². The van der Waals surface area contributed by atoms with Gasteiger partial charge in [-0.1, -0.05) is 24.3 Å². The number of fused-ring (bicyclic) bond motifs is 3. The molecule has 1 aliphatic rings. The first-order valence-electron chi connectivity index (χ1n) is 9.90. The van der Waals surface area contributed by atoms with Crippen LogP contribution >= 0.6 is 11.3 Å². The molecule has 1 N–H and O–H groups in total. The summed E-state index contributed by atoms with van der Waals surface area (Å²) in [5.41, 5.74) is 2.06. The van der Waals surface area contributed by atoms with Gasteiger partial charge < -0.3 is 10.1 Å². The smallest absolute Gasteiger partial charge is 0.229 e. The van der Waals surface area contributed by atoms with Crippen LogP contribution in [0.15, 0.2) is 45.6 Å². The largest absolute Gasteiger partial charge is 0.376 e. The third-order valence-electron chi connectivity index (χ3n) is 5.34. The van der Waals surface area contributed by atoms with Gasteiger partial charge in [0, 0.05) is 13.2 Å². The quantitative estimate of drug-likeness (QED) is 0.488. The minimum absolute atomic E-state index is 0.139. The van der Waals surface area contributed by atoms with Gasteiger partial charge >= 0.3 is 0 Å². The molecule has 0 saturated carbocycles. The van der Waals surface area contributed by atoms with Gasteiger partial charge in [-0.25, -0.2) is 13.4 Å². The average molecular weight is 444 g/mol. The summed E-state index contributed by atoms with van der Waals surface area (Å²) in [5, 5.41) is 13.2. The lowest BCUT2D eigenvalue weighted by molar-refractivity contribution is 0.120. The molecule has 156 valence electrons. The predicted molar refractivity (Wildman–Crippen MR) is 115 cm³/mol. The molecule has 10 heteroatoms. The van der Waals surface area contributed by atoms with Crippen LogP contribution in [0.5, 0.6) is 0 Å². The molecule has 8 nitrogen and oxygen atoms in total. The van der Waals surface area contributed by atoms with Crippen LogP contribution in [-0.2, 0) is 21.0 Å². The molecule has 4 aromatic rings. The number of benzene rings is 1. The number of thiophene rings is 1. The van der Waals surface area contributed by atoms with E-state index in [9.17, 15) is 8.42 Å². The first kappa shape index (κ1) is 19.4. The second kappa shape index (κ2) is 7.60. The zero-order chi connectivity index (χ0) is 20.7. The molecule has 0 radical (unpaired) electrons. The van der Waals surface area contributed by atoms with Gasteiger partial charge in [0.25, 0.3) is 0 Å². The topological polar surface area (TPSA) is 98.5 Å². The molecule has 0 bridgehead atoms. The number of hydrogen-bond donors (Lipinski definition) is 1. The first-order valence-corrected chi connectivity index (χ1v) is 12.3. The van der Waals surface area contributed by atoms with E-state index in [1.54, 1.807) is 12.1 Å². The summed E-state index contributed by atoms with van der Waals surface area (Å²) in [6, 6.07) is 8.75.